The second-order valence-electron chi connectivity index (χ2n) is 4.08. The molecule has 21 heavy (non-hydrogen) atoms. The first kappa shape index (κ1) is 15.2. The third kappa shape index (κ3) is 3.91. The number of anilines is 1. The molecule has 0 aliphatic heterocycles. The van der Waals surface area contributed by atoms with E-state index in [0.717, 1.165) is 18.0 Å². The van der Waals surface area contributed by atoms with Crippen LogP contribution in [0.15, 0.2) is 53.4 Å². The van der Waals surface area contributed by atoms with E-state index in [1.165, 1.54) is 36.4 Å². The third-order valence-corrected chi connectivity index (χ3v) is 3.40. The third-order valence-electron chi connectivity index (χ3n) is 2.59. The number of nitrogens with one attached hydrogen (secondary N) is 1. The molecule has 2 rings (SSSR count). The molecule has 110 valence electrons. The summed E-state index contributed by atoms with van der Waals surface area (Å²) in [6, 6.07) is 11.0. The van der Waals surface area contributed by atoms with Crippen molar-refractivity contribution in [3.05, 3.63) is 59.7 Å². The topological polar surface area (TPSA) is 49.3 Å². The molecule has 0 fully saturated rings. The monoisotopic (exact) mass is 313 g/mol. The molecule has 0 unspecified atom stereocenters. The SMILES string of the molecule is O=C(O)c1cccc(SNc2ccccc2C(F)(F)F)c1. The number of carboxylic acid groups (broad SMARTS) is 1. The highest BCUT2D eigenvalue weighted by Gasteiger charge is 2.33. The summed E-state index contributed by atoms with van der Waals surface area (Å²) in [5.41, 5.74) is -0.770. The average Bonchev–Trinajstić information content (AvgIpc) is 2.45. The van der Waals surface area contributed by atoms with Gasteiger partial charge in [-0.05, 0) is 42.3 Å². The molecule has 0 aliphatic rings. The smallest absolute Gasteiger partial charge is 0.418 e. The van der Waals surface area contributed by atoms with E-state index in [0.29, 0.717) is 4.90 Å². The molecular formula is C14H10F3NO2S. The van der Waals surface area contributed by atoms with E-state index in [2.05, 4.69) is 4.72 Å². The maximum Gasteiger partial charge on any atom is 0.418 e. The van der Waals surface area contributed by atoms with Gasteiger partial charge in [-0.2, -0.15) is 13.2 Å². The van der Waals surface area contributed by atoms with E-state index in [1.807, 2.05) is 0 Å². The Kier molecular flexibility index (Phi) is 4.42. The lowest BCUT2D eigenvalue weighted by Crippen LogP contribution is -2.07. The Hall–Kier alpha value is -2.15. The number of hydrogen-bond acceptors (Lipinski definition) is 3. The maximum atomic E-state index is 12.8. The second-order valence-corrected chi connectivity index (χ2v) is 4.96. The number of alkyl halides is 3. The van der Waals surface area contributed by atoms with Gasteiger partial charge in [-0.25, -0.2) is 4.79 Å². The van der Waals surface area contributed by atoms with Crippen LogP contribution in [0.5, 0.6) is 0 Å². The van der Waals surface area contributed by atoms with Crippen molar-refractivity contribution < 1.29 is 23.1 Å². The van der Waals surface area contributed by atoms with Gasteiger partial charge in [-0.1, -0.05) is 18.2 Å². The van der Waals surface area contributed by atoms with Crippen molar-refractivity contribution in [3.8, 4) is 0 Å². The highest BCUT2D eigenvalue weighted by atomic mass is 32.2. The molecule has 0 bridgehead atoms. The van der Waals surface area contributed by atoms with E-state index in [-0.39, 0.29) is 11.3 Å². The van der Waals surface area contributed by atoms with Crippen LogP contribution in [-0.2, 0) is 6.18 Å². The normalized spacial score (nSPS) is 11.2. The minimum Gasteiger partial charge on any atom is -0.478 e. The number of para-hydroxylation sites is 1. The fourth-order valence-corrected chi connectivity index (χ4v) is 2.36. The molecule has 0 amide bonds. The summed E-state index contributed by atoms with van der Waals surface area (Å²) in [6.45, 7) is 0. The summed E-state index contributed by atoms with van der Waals surface area (Å²) in [6.07, 6.45) is -4.45. The van der Waals surface area contributed by atoms with E-state index >= 15 is 0 Å². The molecule has 2 N–H and O–H groups in total. The van der Waals surface area contributed by atoms with E-state index < -0.39 is 17.7 Å². The average molecular weight is 313 g/mol. The maximum absolute atomic E-state index is 12.8. The Morgan fingerprint density at radius 3 is 2.48 bits per heavy atom. The van der Waals surface area contributed by atoms with Gasteiger partial charge in [0.1, 0.15) is 0 Å². The number of halogens is 3. The van der Waals surface area contributed by atoms with Gasteiger partial charge in [0.05, 0.1) is 16.8 Å². The Morgan fingerprint density at radius 1 is 1.10 bits per heavy atom. The van der Waals surface area contributed by atoms with Gasteiger partial charge < -0.3 is 9.83 Å². The number of aromatic carboxylic acids is 1. The van der Waals surface area contributed by atoms with Crippen molar-refractivity contribution in [1.29, 1.82) is 0 Å². The fourth-order valence-electron chi connectivity index (χ4n) is 1.63. The Labute approximate surface area is 122 Å². The molecular weight excluding hydrogens is 303 g/mol. The van der Waals surface area contributed by atoms with Crippen LogP contribution in [-0.4, -0.2) is 11.1 Å². The van der Waals surface area contributed by atoms with Crippen molar-refractivity contribution in [1.82, 2.24) is 0 Å². The van der Waals surface area contributed by atoms with Crippen LogP contribution >= 0.6 is 11.9 Å². The Bertz CT molecular complexity index is 659. The quantitative estimate of drug-likeness (QED) is 0.815. The fraction of sp³-hybridized carbons (Fsp3) is 0.0714. The van der Waals surface area contributed by atoms with Gasteiger partial charge in [0.2, 0.25) is 0 Å². The first-order valence-electron chi connectivity index (χ1n) is 5.80. The van der Waals surface area contributed by atoms with E-state index in [1.54, 1.807) is 6.07 Å². The van der Waals surface area contributed by atoms with Gasteiger partial charge in [0.15, 0.2) is 0 Å². The van der Waals surface area contributed by atoms with E-state index in [9.17, 15) is 18.0 Å². The van der Waals surface area contributed by atoms with Gasteiger partial charge in [0, 0.05) is 4.90 Å². The zero-order chi connectivity index (χ0) is 15.5. The molecule has 0 radical (unpaired) electrons. The molecule has 3 nitrogen and oxygen atoms in total. The predicted octanol–water partition coefficient (Wildman–Crippen LogP) is 4.52. The summed E-state index contributed by atoms with van der Waals surface area (Å²) < 4.78 is 41.1. The van der Waals surface area contributed by atoms with Crippen LogP contribution in [0.3, 0.4) is 0 Å². The zero-order valence-corrected chi connectivity index (χ0v) is 11.3. The number of benzene rings is 2. The number of carboxylic acids is 1. The number of carbonyl (C=O) groups is 1. The minimum atomic E-state index is -4.45. The summed E-state index contributed by atoms with van der Waals surface area (Å²) in [4.78, 5) is 11.3. The molecule has 0 saturated heterocycles. The van der Waals surface area contributed by atoms with Crippen molar-refractivity contribution in [2.24, 2.45) is 0 Å². The van der Waals surface area contributed by atoms with Crippen molar-refractivity contribution in [2.45, 2.75) is 11.1 Å². The lowest BCUT2D eigenvalue weighted by Gasteiger charge is -2.13. The molecule has 2 aromatic carbocycles. The molecule has 0 saturated carbocycles. The molecule has 2 aromatic rings. The Balaban J connectivity index is 2.17. The van der Waals surface area contributed by atoms with Gasteiger partial charge in [-0.15, -0.1) is 0 Å². The zero-order valence-electron chi connectivity index (χ0n) is 10.5. The molecule has 0 aliphatic carbocycles. The first-order valence-corrected chi connectivity index (χ1v) is 6.62. The summed E-state index contributed by atoms with van der Waals surface area (Å²) in [5, 5.41) is 8.87. The van der Waals surface area contributed by atoms with Crippen LogP contribution < -0.4 is 4.72 Å². The van der Waals surface area contributed by atoms with Crippen LogP contribution in [0, 0.1) is 0 Å². The largest absolute Gasteiger partial charge is 0.478 e. The van der Waals surface area contributed by atoms with Gasteiger partial charge in [-0.3, -0.25) is 0 Å². The number of rotatable bonds is 4. The molecule has 0 atom stereocenters. The van der Waals surface area contributed by atoms with Crippen LogP contribution in [0.2, 0.25) is 0 Å². The van der Waals surface area contributed by atoms with Crippen LogP contribution in [0.25, 0.3) is 0 Å². The second kappa shape index (κ2) is 6.09. The van der Waals surface area contributed by atoms with Crippen LogP contribution in [0.4, 0.5) is 18.9 Å². The summed E-state index contributed by atoms with van der Waals surface area (Å²) >= 11 is 0.922. The highest BCUT2D eigenvalue weighted by Crippen LogP contribution is 2.36. The van der Waals surface area contributed by atoms with Gasteiger partial charge in [0.25, 0.3) is 0 Å². The lowest BCUT2D eigenvalue weighted by molar-refractivity contribution is -0.136. The molecule has 0 heterocycles. The summed E-state index contributed by atoms with van der Waals surface area (Å²) in [5.74, 6) is -1.09. The van der Waals surface area contributed by atoms with Crippen LogP contribution in [0.1, 0.15) is 15.9 Å². The molecule has 7 heteroatoms. The lowest BCUT2D eigenvalue weighted by atomic mass is 10.2. The number of hydrogen-bond donors (Lipinski definition) is 2. The standard InChI is InChI=1S/C14H10F3NO2S/c15-14(16,17)11-6-1-2-7-12(11)18-21-10-5-3-4-9(8-10)13(19)20/h1-8,18H,(H,19,20). The Morgan fingerprint density at radius 2 is 1.81 bits per heavy atom. The highest BCUT2D eigenvalue weighted by molar-refractivity contribution is 8.00. The van der Waals surface area contributed by atoms with Gasteiger partial charge >= 0.3 is 12.1 Å². The van der Waals surface area contributed by atoms with Crippen molar-refractivity contribution in [2.75, 3.05) is 4.72 Å². The van der Waals surface area contributed by atoms with Crippen molar-refractivity contribution in [3.63, 3.8) is 0 Å². The summed E-state index contributed by atoms with van der Waals surface area (Å²) in [7, 11) is 0. The first-order chi connectivity index (χ1) is 9.88. The van der Waals surface area contributed by atoms with E-state index in [4.69, 9.17) is 5.11 Å². The van der Waals surface area contributed by atoms with Crippen molar-refractivity contribution >= 4 is 23.6 Å². The minimum absolute atomic E-state index is 0.0734. The molecule has 0 aromatic heterocycles. The predicted molar refractivity (Wildman–Crippen MR) is 74.3 cm³/mol. The molecule has 0 spiro atoms.